The van der Waals surface area contributed by atoms with Crippen LogP contribution in [0.5, 0.6) is 0 Å². The molecule has 0 amide bonds. The van der Waals surface area contributed by atoms with Gasteiger partial charge in [-0.3, -0.25) is 0 Å². The van der Waals surface area contributed by atoms with Crippen molar-refractivity contribution >= 4 is 17.9 Å². The predicted octanol–water partition coefficient (Wildman–Crippen LogP) is 2.46. The standard InChI is InChI=1S/3C8H16O2.H2O.Ti/c3*1-2-3-4-5-6-7-8(9)10;;/h3*2-7H2,1H3,(H,9,10);1H2;/q;;;;+3/p-3. The molecule has 0 aliphatic heterocycles. The predicted molar refractivity (Wildman–Crippen MR) is 119 cm³/mol. The van der Waals surface area contributed by atoms with Crippen LogP contribution in [0.4, 0.5) is 0 Å². The van der Waals surface area contributed by atoms with Gasteiger partial charge in [-0.2, -0.15) is 0 Å². The van der Waals surface area contributed by atoms with Crippen LogP contribution < -0.4 is 15.3 Å². The van der Waals surface area contributed by atoms with Gasteiger partial charge in [-0.05, 0) is 38.5 Å². The van der Waals surface area contributed by atoms with E-state index in [0.717, 1.165) is 57.8 Å². The summed E-state index contributed by atoms with van der Waals surface area (Å²) in [5.74, 6) is -2.76. The number of carbonyl (C=O) groups is 3. The molecule has 2 N–H and O–H groups in total. The van der Waals surface area contributed by atoms with Gasteiger partial charge in [-0.25, -0.2) is 0 Å². The van der Waals surface area contributed by atoms with E-state index in [4.69, 9.17) is 0 Å². The molecule has 0 aromatic heterocycles. The first-order chi connectivity index (χ1) is 14.3. The van der Waals surface area contributed by atoms with Crippen LogP contribution in [0.3, 0.4) is 0 Å². The van der Waals surface area contributed by atoms with Crippen molar-refractivity contribution in [3.05, 3.63) is 0 Å². The number of carboxylic acid groups (broad SMARTS) is 3. The summed E-state index contributed by atoms with van der Waals surface area (Å²) >= 11 is 0. The Morgan fingerprint density at radius 3 is 0.781 bits per heavy atom. The second kappa shape index (κ2) is 37.4. The molecular weight excluding hydrogens is 448 g/mol. The van der Waals surface area contributed by atoms with Crippen molar-refractivity contribution < 1.29 is 56.9 Å². The second-order valence-electron chi connectivity index (χ2n) is 7.61. The van der Waals surface area contributed by atoms with Crippen molar-refractivity contribution in [3.63, 3.8) is 0 Å². The molecular formula is C24H47O7Ti. The van der Waals surface area contributed by atoms with Gasteiger partial charge in [0, 0.05) is 17.9 Å². The average Bonchev–Trinajstić information content (AvgIpc) is 2.68. The van der Waals surface area contributed by atoms with Crippen LogP contribution in [-0.2, 0) is 36.1 Å². The van der Waals surface area contributed by atoms with Gasteiger partial charge in [0.25, 0.3) is 0 Å². The maximum Gasteiger partial charge on any atom is 3.00 e. The Bertz CT molecular complexity index is 333. The zero-order chi connectivity index (χ0) is 23.5. The van der Waals surface area contributed by atoms with Crippen molar-refractivity contribution in [2.75, 3.05) is 0 Å². The maximum atomic E-state index is 9.92. The summed E-state index contributed by atoms with van der Waals surface area (Å²) in [7, 11) is 0. The quantitative estimate of drug-likeness (QED) is 0.210. The molecule has 0 saturated heterocycles. The fourth-order valence-corrected chi connectivity index (χ4v) is 2.62. The van der Waals surface area contributed by atoms with E-state index in [9.17, 15) is 29.7 Å². The molecule has 0 bridgehead atoms. The molecule has 7 nitrogen and oxygen atoms in total. The SMILES string of the molecule is CCCCCCCC(=O)[O-].CCCCCCCC(=O)[O-].CCCCCCCC(=O)[O-].O.[Ti+3]. The molecule has 0 fully saturated rings. The van der Waals surface area contributed by atoms with E-state index in [2.05, 4.69) is 20.8 Å². The number of unbranched alkanes of at least 4 members (excludes halogenated alkanes) is 12. The zero-order valence-electron chi connectivity index (χ0n) is 20.7. The average molecular weight is 496 g/mol. The second-order valence-corrected chi connectivity index (χ2v) is 7.61. The van der Waals surface area contributed by atoms with Gasteiger partial charge in [0.15, 0.2) is 0 Å². The summed E-state index contributed by atoms with van der Waals surface area (Å²) in [6.07, 6.45) is 16.8. The number of rotatable bonds is 18. The Morgan fingerprint density at radius 1 is 0.438 bits per heavy atom. The molecule has 0 rings (SSSR count). The van der Waals surface area contributed by atoms with Crippen LogP contribution in [0.1, 0.15) is 136 Å². The molecule has 0 saturated carbocycles. The largest absolute Gasteiger partial charge is 3.00 e. The van der Waals surface area contributed by atoms with Gasteiger partial charge in [0.2, 0.25) is 0 Å². The van der Waals surface area contributed by atoms with E-state index in [1.807, 2.05) is 0 Å². The first-order valence-corrected chi connectivity index (χ1v) is 11.9. The number of hydrogen-bond acceptors (Lipinski definition) is 6. The molecule has 0 aromatic rings. The van der Waals surface area contributed by atoms with Crippen molar-refractivity contribution in [1.82, 2.24) is 0 Å². The van der Waals surface area contributed by atoms with Crippen molar-refractivity contribution in [3.8, 4) is 0 Å². The van der Waals surface area contributed by atoms with Gasteiger partial charge in [0.1, 0.15) is 0 Å². The Labute approximate surface area is 210 Å². The van der Waals surface area contributed by atoms with Gasteiger partial charge in [0.05, 0.1) is 0 Å². The Hall–Kier alpha value is -0.916. The van der Waals surface area contributed by atoms with Crippen molar-refractivity contribution in [2.45, 2.75) is 136 Å². The summed E-state index contributed by atoms with van der Waals surface area (Å²) in [6.45, 7) is 6.41. The topological polar surface area (TPSA) is 152 Å². The van der Waals surface area contributed by atoms with Crippen molar-refractivity contribution in [1.29, 1.82) is 0 Å². The minimum atomic E-state index is -0.920. The Morgan fingerprint density at radius 2 is 0.625 bits per heavy atom. The molecule has 8 heteroatoms. The minimum Gasteiger partial charge on any atom is -0.550 e. The maximum absolute atomic E-state index is 9.92. The summed E-state index contributed by atoms with van der Waals surface area (Å²) in [5, 5.41) is 29.8. The summed E-state index contributed by atoms with van der Waals surface area (Å²) in [6, 6.07) is 0. The first kappa shape index (κ1) is 41.3. The summed E-state index contributed by atoms with van der Waals surface area (Å²) in [4.78, 5) is 29.8. The molecule has 0 spiro atoms. The Kier molecular flexibility index (Phi) is 48.3. The molecule has 0 unspecified atom stereocenters. The summed E-state index contributed by atoms with van der Waals surface area (Å²) in [5.41, 5.74) is 0. The third-order valence-electron chi connectivity index (χ3n) is 4.45. The van der Waals surface area contributed by atoms with Gasteiger partial charge in [-0.15, -0.1) is 0 Å². The van der Waals surface area contributed by atoms with Crippen molar-refractivity contribution in [2.24, 2.45) is 0 Å². The first-order valence-electron chi connectivity index (χ1n) is 11.9. The zero-order valence-corrected chi connectivity index (χ0v) is 22.2. The molecule has 0 heterocycles. The molecule has 189 valence electrons. The van der Waals surface area contributed by atoms with Gasteiger partial charge >= 0.3 is 21.7 Å². The smallest absolute Gasteiger partial charge is 0.550 e. The van der Waals surface area contributed by atoms with E-state index < -0.39 is 17.9 Å². The van der Waals surface area contributed by atoms with E-state index in [-0.39, 0.29) is 46.5 Å². The normalized spacial score (nSPS) is 9.09. The van der Waals surface area contributed by atoms with Crippen LogP contribution in [0, 0.1) is 0 Å². The number of aliphatic carboxylic acids is 3. The molecule has 0 aliphatic rings. The van der Waals surface area contributed by atoms with Crippen LogP contribution in [0.15, 0.2) is 0 Å². The van der Waals surface area contributed by atoms with E-state index in [1.54, 1.807) is 0 Å². The fourth-order valence-electron chi connectivity index (χ4n) is 2.62. The van der Waals surface area contributed by atoms with Crippen LogP contribution in [-0.4, -0.2) is 23.4 Å². The third-order valence-corrected chi connectivity index (χ3v) is 4.45. The van der Waals surface area contributed by atoms with Gasteiger partial charge in [-0.1, -0.05) is 97.8 Å². The summed E-state index contributed by atoms with van der Waals surface area (Å²) < 4.78 is 0. The molecule has 32 heavy (non-hydrogen) atoms. The Balaban J connectivity index is -0.000000110. The number of carbonyl (C=O) groups excluding carboxylic acids is 3. The third kappa shape index (κ3) is 56.9. The molecule has 1 radical (unpaired) electrons. The van der Waals surface area contributed by atoms with Crippen LogP contribution in [0.25, 0.3) is 0 Å². The fraction of sp³-hybridized carbons (Fsp3) is 0.875. The molecule has 0 aliphatic carbocycles. The van der Waals surface area contributed by atoms with Crippen LogP contribution >= 0.6 is 0 Å². The van der Waals surface area contributed by atoms with E-state index >= 15 is 0 Å². The van der Waals surface area contributed by atoms with E-state index in [0.29, 0.717) is 0 Å². The minimum absolute atomic E-state index is 0. The number of carboxylic acids is 3. The monoisotopic (exact) mass is 495 g/mol. The number of hydrogen-bond donors (Lipinski definition) is 0. The molecule has 0 aromatic carbocycles. The van der Waals surface area contributed by atoms with Gasteiger partial charge < -0.3 is 35.2 Å². The van der Waals surface area contributed by atoms with E-state index in [1.165, 1.54) is 38.5 Å². The van der Waals surface area contributed by atoms with Crippen LogP contribution in [0.2, 0.25) is 0 Å². The molecule has 0 atom stereocenters.